The zero-order valence-corrected chi connectivity index (χ0v) is 19.4. The Kier molecular flexibility index (Phi) is 11.6. The Morgan fingerprint density at radius 2 is 1.72 bits per heavy atom. The number of benzene rings is 2. The molecule has 2 rings (SSSR count). The summed E-state index contributed by atoms with van der Waals surface area (Å²) in [5.74, 6) is 2.22. The van der Waals surface area contributed by atoms with Crippen molar-refractivity contribution in [1.29, 1.82) is 0 Å². The fourth-order valence-corrected chi connectivity index (χ4v) is 2.57. The van der Waals surface area contributed by atoms with Crippen LogP contribution in [0.4, 0.5) is 0 Å². The average Bonchev–Trinajstić information content (AvgIpc) is 2.75. The van der Waals surface area contributed by atoms with E-state index in [9.17, 15) is 4.79 Å². The highest BCUT2D eigenvalue weighted by molar-refractivity contribution is 14.0. The quantitative estimate of drug-likeness (QED) is 0.208. The molecule has 0 atom stereocenters. The molecular weight excluding hydrogens is 483 g/mol. The molecule has 0 unspecified atom stereocenters. The topological polar surface area (TPSA) is 84.0 Å². The molecule has 0 aromatic heterocycles. The largest absolute Gasteiger partial charge is 0.497 e. The number of hydrogen-bond acceptors (Lipinski definition) is 4. The van der Waals surface area contributed by atoms with Crippen molar-refractivity contribution in [1.82, 2.24) is 16.0 Å². The Morgan fingerprint density at radius 1 is 1.03 bits per heavy atom. The maximum atomic E-state index is 11.7. The summed E-state index contributed by atoms with van der Waals surface area (Å²) in [5.41, 5.74) is 1.75. The summed E-state index contributed by atoms with van der Waals surface area (Å²) in [5, 5.41) is 9.11. The van der Waals surface area contributed by atoms with E-state index in [1.165, 1.54) is 0 Å². The van der Waals surface area contributed by atoms with Crippen LogP contribution >= 0.6 is 24.0 Å². The fraction of sp³-hybridized carbons (Fsp3) is 0.333. The molecule has 0 aliphatic carbocycles. The van der Waals surface area contributed by atoms with E-state index in [-0.39, 0.29) is 29.9 Å². The maximum absolute atomic E-state index is 11.7. The van der Waals surface area contributed by atoms with Gasteiger partial charge >= 0.3 is 0 Å². The van der Waals surface area contributed by atoms with Crippen LogP contribution in [0.25, 0.3) is 0 Å². The first-order valence-electron chi connectivity index (χ1n) is 9.18. The lowest BCUT2D eigenvalue weighted by Gasteiger charge is -2.13. The van der Waals surface area contributed by atoms with Crippen LogP contribution in [0.15, 0.2) is 53.5 Å². The molecule has 0 saturated heterocycles. The fourth-order valence-electron chi connectivity index (χ4n) is 2.57. The summed E-state index contributed by atoms with van der Waals surface area (Å²) in [6, 6.07) is 15.1. The number of hydrogen-bond donors (Lipinski definition) is 3. The van der Waals surface area contributed by atoms with Crippen molar-refractivity contribution in [3.63, 3.8) is 0 Å². The Hall–Kier alpha value is -2.49. The summed E-state index contributed by atoms with van der Waals surface area (Å²) in [7, 11) is 4.99. The van der Waals surface area contributed by atoms with Gasteiger partial charge in [-0.15, -0.1) is 24.0 Å². The van der Waals surface area contributed by atoms with Crippen molar-refractivity contribution in [2.75, 3.05) is 40.9 Å². The van der Waals surface area contributed by atoms with Gasteiger partial charge in [-0.2, -0.15) is 0 Å². The molecule has 2 aromatic rings. The van der Waals surface area contributed by atoms with Crippen molar-refractivity contribution < 1.29 is 14.3 Å². The number of amides is 1. The molecule has 0 radical (unpaired) electrons. The van der Waals surface area contributed by atoms with Crippen LogP contribution in [0.3, 0.4) is 0 Å². The molecule has 2 aromatic carbocycles. The molecule has 0 heterocycles. The second kappa shape index (κ2) is 13.6. The molecular formula is C21H29IN4O3. The average molecular weight is 512 g/mol. The zero-order valence-electron chi connectivity index (χ0n) is 17.0. The molecule has 0 saturated carbocycles. The van der Waals surface area contributed by atoms with Gasteiger partial charge in [-0.1, -0.05) is 12.1 Å². The van der Waals surface area contributed by atoms with Crippen LogP contribution in [0.1, 0.15) is 15.9 Å². The van der Waals surface area contributed by atoms with E-state index in [1.807, 2.05) is 42.5 Å². The number of methoxy groups -OCH3 is 1. The Balaban J connectivity index is 0.00000420. The van der Waals surface area contributed by atoms with Crippen LogP contribution in [-0.2, 0) is 6.42 Å². The third-order valence-corrected chi connectivity index (χ3v) is 4.07. The lowest BCUT2D eigenvalue weighted by Crippen LogP contribution is -2.40. The molecule has 1 amide bonds. The van der Waals surface area contributed by atoms with Crippen molar-refractivity contribution in [2.24, 2.45) is 4.99 Å². The van der Waals surface area contributed by atoms with E-state index in [0.29, 0.717) is 31.2 Å². The highest BCUT2D eigenvalue weighted by Crippen LogP contribution is 2.16. The van der Waals surface area contributed by atoms with Crippen LogP contribution < -0.4 is 25.4 Å². The monoisotopic (exact) mass is 512 g/mol. The van der Waals surface area contributed by atoms with Gasteiger partial charge in [-0.3, -0.25) is 9.79 Å². The van der Waals surface area contributed by atoms with Gasteiger partial charge in [-0.05, 0) is 48.4 Å². The number of carbonyl (C=O) groups is 1. The number of halogens is 1. The molecule has 158 valence electrons. The number of rotatable bonds is 9. The first-order chi connectivity index (χ1) is 13.7. The number of aliphatic imine (C=N–C) groups is 1. The first kappa shape index (κ1) is 24.5. The minimum Gasteiger partial charge on any atom is -0.497 e. The first-order valence-corrected chi connectivity index (χ1v) is 9.18. The maximum Gasteiger partial charge on any atom is 0.251 e. The van der Waals surface area contributed by atoms with E-state index in [4.69, 9.17) is 9.47 Å². The third-order valence-electron chi connectivity index (χ3n) is 4.07. The second-order valence-corrected chi connectivity index (χ2v) is 5.98. The number of nitrogens with one attached hydrogen (secondary N) is 3. The van der Waals surface area contributed by atoms with Gasteiger partial charge in [-0.25, -0.2) is 0 Å². The van der Waals surface area contributed by atoms with E-state index in [0.717, 1.165) is 23.5 Å². The van der Waals surface area contributed by atoms with Gasteiger partial charge in [0.25, 0.3) is 5.91 Å². The van der Waals surface area contributed by atoms with Crippen molar-refractivity contribution in [2.45, 2.75) is 6.42 Å². The predicted octanol–water partition coefficient (Wildman–Crippen LogP) is 2.46. The van der Waals surface area contributed by atoms with E-state index in [2.05, 4.69) is 20.9 Å². The van der Waals surface area contributed by atoms with Crippen LogP contribution in [-0.4, -0.2) is 52.8 Å². The summed E-state index contributed by atoms with van der Waals surface area (Å²) in [6.45, 7) is 1.84. The normalized spacial score (nSPS) is 10.5. The van der Waals surface area contributed by atoms with Gasteiger partial charge in [0, 0.05) is 26.2 Å². The predicted molar refractivity (Wildman–Crippen MR) is 127 cm³/mol. The van der Waals surface area contributed by atoms with Crippen LogP contribution in [0.5, 0.6) is 11.5 Å². The SMILES string of the molecule is CN=C(NCCOc1ccc(OC)cc1)NCCc1cccc(C(=O)NC)c1.I. The molecule has 3 N–H and O–H groups in total. The minimum absolute atomic E-state index is 0. The highest BCUT2D eigenvalue weighted by atomic mass is 127. The number of carbonyl (C=O) groups excluding carboxylic acids is 1. The standard InChI is InChI=1S/C21H28N4O3.HI/c1-22-20(26)17-6-4-5-16(15-17)11-12-24-21(23-2)25-13-14-28-19-9-7-18(27-3)8-10-19;/h4-10,15H,11-14H2,1-3H3,(H,22,26)(H2,23,24,25);1H. The minimum atomic E-state index is -0.0795. The molecule has 7 nitrogen and oxygen atoms in total. The van der Waals surface area contributed by atoms with Crippen molar-refractivity contribution >= 4 is 35.8 Å². The van der Waals surface area contributed by atoms with Crippen molar-refractivity contribution in [3.8, 4) is 11.5 Å². The number of nitrogens with zero attached hydrogens (tertiary/aromatic N) is 1. The lowest BCUT2D eigenvalue weighted by molar-refractivity contribution is 0.0963. The lowest BCUT2D eigenvalue weighted by atomic mass is 10.1. The van der Waals surface area contributed by atoms with E-state index < -0.39 is 0 Å². The zero-order chi connectivity index (χ0) is 20.2. The molecule has 0 spiro atoms. The van der Waals surface area contributed by atoms with Gasteiger partial charge in [0.2, 0.25) is 0 Å². The number of ether oxygens (including phenoxy) is 2. The molecule has 0 fully saturated rings. The van der Waals surface area contributed by atoms with Crippen LogP contribution in [0.2, 0.25) is 0 Å². The molecule has 0 aliphatic heterocycles. The Labute approximate surface area is 189 Å². The van der Waals surface area contributed by atoms with Gasteiger partial charge in [0.1, 0.15) is 18.1 Å². The van der Waals surface area contributed by atoms with Crippen molar-refractivity contribution in [3.05, 3.63) is 59.7 Å². The summed E-state index contributed by atoms with van der Waals surface area (Å²) >= 11 is 0. The summed E-state index contributed by atoms with van der Waals surface area (Å²) < 4.78 is 10.8. The summed E-state index contributed by atoms with van der Waals surface area (Å²) in [6.07, 6.45) is 0.786. The molecule has 0 aliphatic rings. The van der Waals surface area contributed by atoms with E-state index in [1.54, 1.807) is 27.3 Å². The van der Waals surface area contributed by atoms with Gasteiger partial charge in [0.05, 0.1) is 13.7 Å². The molecule has 0 bridgehead atoms. The van der Waals surface area contributed by atoms with Gasteiger partial charge < -0.3 is 25.4 Å². The van der Waals surface area contributed by atoms with Gasteiger partial charge in [0.15, 0.2) is 5.96 Å². The molecule has 29 heavy (non-hydrogen) atoms. The summed E-state index contributed by atoms with van der Waals surface area (Å²) in [4.78, 5) is 15.9. The van der Waals surface area contributed by atoms with E-state index >= 15 is 0 Å². The number of guanidine groups is 1. The Morgan fingerprint density at radius 3 is 2.38 bits per heavy atom. The Bertz CT molecular complexity index is 782. The highest BCUT2D eigenvalue weighted by Gasteiger charge is 2.04. The van der Waals surface area contributed by atoms with Crippen LogP contribution in [0, 0.1) is 0 Å². The third kappa shape index (κ3) is 8.59. The second-order valence-electron chi connectivity index (χ2n) is 5.98. The smallest absolute Gasteiger partial charge is 0.251 e. The molecule has 8 heteroatoms.